The van der Waals surface area contributed by atoms with Gasteiger partial charge in [0.2, 0.25) is 5.88 Å². The number of nitrogens with one attached hydrogen (secondary N) is 3. The van der Waals surface area contributed by atoms with Gasteiger partial charge in [0.1, 0.15) is 16.3 Å². The van der Waals surface area contributed by atoms with Crippen LogP contribution in [0.25, 0.3) is 11.3 Å². The van der Waals surface area contributed by atoms with Crippen LogP contribution in [-0.2, 0) is 0 Å². The summed E-state index contributed by atoms with van der Waals surface area (Å²) in [5.74, 6) is -0.518. The summed E-state index contributed by atoms with van der Waals surface area (Å²) in [4.78, 5) is 31.6. The average Bonchev–Trinajstić information content (AvgIpc) is 3.08. The summed E-state index contributed by atoms with van der Waals surface area (Å²) in [5, 5.41) is 20.4. The molecule has 122 valence electrons. The van der Waals surface area contributed by atoms with Crippen LogP contribution in [0.2, 0.25) is 0 Å². The molecular weight excluding hydrogens is 332 g/mol. The van der Waals surface area contributed by atoms with Crippen molar-refractivity contribution in [3.63, 3.8) is 0 Å². The Balaban J connectivity index is 2.00. The number of aromatic amines is 3. The van der Waals surface area contributed by atoms with Crippen molar-refractivity contribution < 1.29 is 5.11 Å². The first kappa shape index (κ1) is 15.7. The molecule has 0 fully saturated rings. The SMILES string of the molecule is CSC(=Nc1ccc(-c2cn[nH]n2)cc1)c1c(O)[nH]c(=O)[nH]c1=O. The van der Waals surface area contributed by atoms with Gasteiger partial charge in [-0.1, -0.05) is 12.1 Å². The fourth-order valence-electron chi connectivity index (χ4n) is 2.04. The lowest BCUT2D eigenvalue weighted by molar-refractivity contribution is 0.447. The predicted molar refractivity (Wildman–Crippen MR) is 90.9 cm³/mol. The van der Waals surface area contributed by atoms with Gasteiger partial charge in [0.25, 0.3) is 5.56 Å². The second-order valence-electron chi connectivity index (χ2n) is 4.66. The highest BCUT2D eigenvalue weighted by molar-refractivity contribution is 8.13. The van der Waals surface area contributed by atoms with Crippen LogP contribution in [-0.4, -0.2) is 41.8 Å². The van der Waals surface area contributed by atoms with Gasteiger partial charge in [0.15, 0.2) is 0 Å². The summed E-state index contributed by atoms with van der Waals surface area (Å²) in [6, 6.07) is 7.12. The van der Waals surface area contributed by atoms with E-state index < -0.39 is 17.1 Å². The molecule has 4 N–H and O–H groups in total. The fraction of sp³-hybridized carbons (Fsp3) is 0.0714. The van der Waals surface area contributed by atoms with E-state index in [2.05, 4.69) is 30.4 Å². The molecular formula is C14H12N6O3S. The minimum Gasteiger partial charge on any atom is -0.494 e. The highest BCUT2D eigenvalue weighted by atomic mass is 32.2. The van der Waals surface area contributed by atoms with Crippen molar-refractivity contribution in [2.24, 2.45) is 4.99 Å². The van der Waals surface area contributed by atoms with E-state index >= 15 is 0 Å². The molecule has 2 heterocycles. The molecule has 0 unspecified atom stereocenters. The van der Waals surface area contributed by atoms with E-state index in [9.17, 15) is 14.7 Å². The molecule has 10 heteroatoms. The predicted octanol–water partition coefficient (Wildman–Crippen LogP) is 0.995. The molecule has 0 saturated heterocycles. The minimum atomic E-state index is -0.779. The van der Waals surface area contributed by atoms with Crippen LogP contribution < -0.4 is 11.2 Å². The number of benzene rings is 1. The number of aromatic hydroxyl groups is 1. The van der Waals surface area contributed by atoms with E-state index in [1.54, 1.807) is 24.6 Å². The van der Waals surface area contributed by atoms with Crippen LogP contribution in [0, 0.1) is 0 Å². The maximum absolute atomic E-state index is 11.9. The molecule has 1 aromatic carbocycles. The van der Waals surface area contributed by atoms with Gasteiger partial charge in [-0.05, 0) is 18.4 Å². The molecule has 3 rings (SSSR count). The Bertz CT molecular complexity index is 989. The van der Waals surface area contributed by atoms with Crippen LogP contribution in [0.5, 0.6) is 5.88 Å². The summed E-state index contributed by atoms with van der Waals surface area (Å²) >= 11 is 1.17. The first-order valence-corrected chi connectivity index (χ1v) is 7.96. The normalized spacial score (nSPS) is 11.6. The van der Waals surface area contributed by atoms with Crippen LogP contribution in [0.3, 0.4) is 0 Å². The van der Waals surface area contributed by atoms with Crippen molar-refractivity contribution >= 4 is 22.5 Å². The topological polar surface area (TPSA) is 140 Å². The number of aliphatic imine (C=N–C) groups is 1. The number of hydrogen-bond acceptors (Lipinski definition) is 7. The third kappa shape index (κ3) is 3.13. The van der Waals surface area contributed by atoms with Gasteiger partial charge in [-0.3, -0.25) is 14.8 Å². The van der Waals surface area contributed by atoms with Crippen molar-refractivity contribution in [3.05, 3.63) is 56.9 Å². The first-order valence-electron chi connectivity index (χ1n) is 6.73. The number of H-pyrrole nitrogens is 3. The Morgan fingerprint density at radius 1 is 1.21 bits per heavy atom. The molecule has 0 aliphatic carbocycles. The van der Waals surface area contributed by atoms with Crippen molar-refractivity contribution in [1.29, 1.82) is 0 Å². The summed E-state index contributed by atoms with van der Waals surface area (Å²) < 4.78 is 0. The van der Waals surface area contributed by atoms with Gasteiger partial charge < -0.3 is 5.11 Å². The first-order chi connectivity index (χ1) is 11.6. The molecule has 2 aromatic heterocycles. The molecule has 3 aromatic rings. The molecule has 0 saturated carbocycles. The van der Waals surface area contributed by atoms with Crippen molar-refractivity contribution in [2.75, 3.05) is 6.26 Å². The quantitative estimate of drug-likeness (QED) is 0.413. The van der Waals surface area contributed by atoms with E-state index in [1.165, 1.54) is 11.8 Å². The number of aromatic nitrogens is 5. The van der Waals surface area contributed by atoms with Gasteiger partial charge in [-0.25, -0.2) is 9.79 Å². The lowest BCUT2D eigenvalue weighted by Crippen LogP contribution is -2.26. The third-order valence-electron chi connectivity index (χ3n) is 3.14. The van der Waals surface area contributed by atoms with E-state index in [0.29, 0.717) is 11.4 Å². The molecule has 0 aliphatic rings. The molecule has 24 heavy (non-hydrogen) atoms. The van der Waals surface area contributed by atoms with Crippen LogP contribution in [0.1, 0.15) is 5.56 Å². The molecule has 0 aliphatic heterocycles. The van der Waals surface area contributed by atoms with Gasteiger partial charge in [0, 0.05) is 5.56 Å². The number of rotatable bonds is 3. The van der Waals surface area contributed by atoms with Crippen LogP contribution >= 0.6 is 11.8 Å². The third-order valence-corrected chi connectivity index (χ3v) is 3.82. The van der Waals surface area contributed by atoms with Crippen molar-refractivity contribution in [2.45, 2.75) is 0 Å². The molecule has 0 bridgehead atoms. The highest BCUT2D eigenvalue weighted by Crippen LogP contribution is 2.23. The summed E-state index contributed by atoms with van der Waals surface area (Å²) in [6.45, 7) is 0. The Kier molecular flexibility index (Phi) is 4.29. The smallest absolute Gasteiger partial charge is 0.328 e. The Hall–Kier alpha value is -3.14. The van der Waals surface area contributed by atoms with Gasteiger partial charge in [-0.15, -0.1) is 11.8 Å². The zero-order chi connectivity index (χ0) is 17.1. The lowest BCUT2D eigenvalue weighted by atomic mass is 10.1. The fourth-order valence-corrected chi connectivity index (χ4v) is 2.63. The molecule has 0 atom stereocenters. The van der Waals surface area contributed by atoms with E-state index in [4.69, 9.17) is 0 Å². The molecule has 9 nitrogen and oxygen atoms in total. The molecule has 0 amide bonds. The largest absolute Gasteiger partial charge is 0.494 e. The molecule has 0 spiro atoms. The zero-order valence-corrected chi connectivity index (χ0v) is 13.2. The average molecular weight is 344 g/mol. The van der Waals surface area contributed by atoms with Gasteiger partial charge in [0.05, 0.1) is 11.9 Å². The summed E-state index contributed by atoms with van der Waals surface area (Å²) in [7, 11) is 0. The summed E-state index contributed by atoms with van der Waals surface area (Å²) in [5.41, 5.74) is 0.574. The van der Waals surface area contributed by atoms with Gasteiger partial charge in [-0.2, -0.15) is 15.4 Å². The minimum absolute atomic E-state index is 0.0809. The number of thioether (sulfide) groups is 1. The van der Waals surface area contributed by atoms with Crippen molar-refractivity contribution in [1.82, 2.24) is 25.4 Å². The maximum Gasteiger partial charge on any atom is 0.328 e. The Morgan fingerprint density at radius 3 is 2.54 bits per heavy atom. The number of hydrogen-bond donors (Lipinski definition) is 4. The second-order valence-corrected chi connectivity index (χ2v) is 5.45. The van der Waals surface area contributed by atoms with Gasteiger partial charge >= 0.3 is 5.69 Å². The Morgan fingerprint density at radius 2 is 1.96 bits per heavy atom. The monoisotopic (exact) mass is 344 g/mol. The second kappa shape index (κ2) is 6.54. The Labute approximate surface area is 138 Å². The van der Waals surface area contributed by atoms with Crippen molar-refractivity contribution in [3.8, 4) is 17.1 Å². The standard InChI is InChI=1S/C14H12N6O3S/c1-24-13(10-11(21)17-14(23)18-12(10)22)16-8-4-2-7(3-5-8)9-6-15-20-19-9/h2-6H,1H3,(H,15,19,20)(H3,17,18,21,22,23). The molecule has 0 radical (unpaired) electrons. The highest BCUT2D eigenvalue weighted by Gasteiger charge is 2.15. The lowest BCUT2D eigenvalue weighted by Gasteiger charge is -2.05. The van der Waals surface area contributed by atoms with E-state index in [0.717, 1.165) is 5.56 Å². The number of nitrogens with zero attached hydrogens (tertiary/aromatic N) is 3. The van der Waals surface area contributed by atoms with Crippen LogP contribution in [0.4, 0.5) is 5.69 Å². The van der Waals surface area contributed by atoms with E-state index in [-0.39, 0.29) is 10.6 Å². The maximum atomic E-state index is 11.9. The zero-order valence-electron chi connectivity index (χ0n) is 12.4. The summed E-state index contributed by atoms with van der Waals surface area (Å²) in [6.07, 6.45) is 3.32. The van der Waals surface area contributed by atoms with Crippen LogP contribution in [0.15, 0.2) is 45.0 Å². The van der Waals surface area contributed by atoms with E-state index in [1.807, 2.05) is 12.1 Å².